The van der Waals surface area contributed by atoms with Crippen molar-refractivity contribution in [2.45, 2.75) is 12.5 Å². The van der Waals surface area contributed by atoms with Crippen LogP contribution in [-0.4, -0.2) is 33.8 Å². The number of hydrogen-bond acceptors (Lipinski definition) is 5. The van der Waals surface area contributed by atoms with Crippen LogP contribution in [0.1, 0.15) is 17.4 Å². The fourth-order valence-corrected chi connectivity index (χ4v) is 2.22. The van der Waals surface area contributed by atoms with E-state index in [1.165, 1.54) is 0 Å². The second-order valence-corrected chi connectivity index (χ2v) is 4.91. The van der Waals surface area contributed by atoms with Crippen LogP contribution in [0.25, 0.3) is 0 Å². The number of rotatable bonds is 8. The molecule has 1 atom stereocenters. The number of nitrogens with one attached hydrogen (secondary N) is 1. The van der Waals surface area contributed by atoms with Crippen LogP contribution in [0.2, 0.25) is 0 Å². The first-order valence-electron chi connectivity index (χ1n) is 7.21. The van der Waals surface area contributed by atoms with E-state index in [2.05, 4.69) is 5.32 Å². The van der Waals surface area contributed by atoms with Crippen molar-refractivity contribution in [3.05, 3.63) is 47.9 Å². The van der Waals surface area contributed by atoms with Gasteiger partial charge < -0.3 is 23.9 Å². The summed E-state index contributed by atoms with van der Waals surface area (Å²) in [6.07, 6.45) is 1.52. The minimum Gasteiger partial charge on any atom is -0.493 e. The standard InChI is InChI=1S/C17H21NO5/c1-20-13-7-6-12(9-15(13)21-2)10-17(19)18-11-16(22-3)14-5-4-8-23-14/h4-9,16H,10-11H2,1-3H3,(H,18,19). The van der Waals surface area contributed by atoms with E-state index >= 15 is 0 Å². The zero-order chi connectivity index (χ0) is 16.7. The topological polar surface area (TPSA) is 69.9 Å². The molecule has 2 aromatic rings. The highest BCUT2D eigenvalue weighted by Crippen LogP contribution is 2.27. The molecule has 0 aliphatic carbocycles. The molecule has 1 unspecified atom stereocenters. The Balaban J connectivity index is 1.92. The van der Waals surface area contributed by atoms with Gasteiger partial charge in [0.1, 0.15) is 11.9 Å². The van der Waals surface area contributed by atoms with Crippen LogP contribution in [-0.2, 0) is 16.0 Å². The summed E-state index contributed by atoms with van der Waals surface area (Å²) in [5, 5.41) is 2.84. The number of benzene rings is 1. The second kappa shape index (κ2) is 8.24. The minimum atomic E-state index is -0.306. The zero-order valence-corrected chi connectivity index (χ0v) is 13.5. The fraction of sp³-hybridized carbons (Fsp3) is 0.353. The third kappa shape index (κ3) is 4.50. The molecule has 1 aromatic heterocycles. The Hall–Kier alpha value is -2.47. The molecule has 1 aromatic carbocycles. The largest absolute Gasteiger partial charge is 0.493 e. The summed E-state index contributed by atoms with van der Waals surface area (Å²) in [6.45, 7) is 0.343. The van der Waals surface area contributed by atoms with Crippen molar-refractivity contribution < 1.29 is 23.4 Å². The molecule has 0 spiro atoms. The number of carbonyl (C=O) groups excluding carboxylic acids is 1. The maximum Gasteiger partial charge on any atom is 0.224 e. The molecule has 6 nitrogen and oxygen atoms in total. The molecule has 0 bridgehead atoms. The molecule has 1 heterocycles. The molecule has 1 N–H and O–H groups in total. The quantitative estimate of drug-likeness (QED) is 0.809. The number of methoxy groups -OCH3 is 3. The lowest BCUT2D eigenvalue weighted by atomic mass is 10.1. The summed E-state index contributed by atoms with van der Waals surface area (Å²) in [7, 11) is 4.71. The highest BCUT2D eigenvalue weighted by Gasteiger charge is 2.15. The van der Waals surface area contributed by atoms with Gasteiger partial charge in [-0.3, -0.25) is 4.79 Å². The van der Waals surface area contributed by atoms with E-state index in [4.69, 9.17) is 18.6 Å². The molecule has 6 heteroatoms. The molecule has 0 radical (unpaired) electrons. The van der Waals surface area contributed by atoms with Crippen LogP contribution in [0.5, 0.6) is 11.5 Å². The highest BCUT2D eigenvalue weighted by atomic mass is 16.5. The van der Waals surface area contributed by atoms with Gasteiger partial charge in [0.15, 0.2) is 11.5 Å². The van der Waals surface area contributed by atoms with Gasteiger partial charge in [-0.2, -0.15) is 0 Å². The molecule has 0 aliphatic rings. The second-order valence-electron chi connectivity index (χ2n) is 4.91. The van der Waals surface area contributed by atoms with Crippen molar-refractivity contribution in [1.82, 2.24) is 5.32 Å². The fourth-order valence-electron chi connectivity index (χ4n) is 2.22. The average molecular weight is 319 g/mol. The first-order chi connectivity index (χ1) is 11.2. The molecule has 23 heavy (non-hydrogen) atoms. The van der Waals surface area contributed by atoms with Crippen LogP contribution in [0.15, 0.2) is 41.0 Å². The SMILES string of the molecule is COc1ccc(CC(=O)NCC(OC)c2ccco2)cc1OC. The van der Waals surface area contributed by atoms with Crippen LogP contribution in [0.4, 0.5) is 0 Å². The van der Waals surface area contributed by atoms with Crippen molar-refractivity contribution >= 4 is 5.91 Å². The van der Waals surface area contributed by atoms with E-state index in [1.807, 2.05) is 12.1 Å². The van der Waals surface area contributed by atoms with Crippen LogP contribution in [0.3, 0.4) is 0 Å². The molecule has 2 rings (SSSR count). The molecule has 124 valence electrons. The maximum atomic E-state index is 12.1. The Kier molecular flexibility index (Phi) is 6.05. The summed E-state index contributed by atoms with van der Waals surface area (Å²) in [4.78, 5) is 12.1. The summed E-state index contributed by atoms with van der Waals surface area (Å²) < 4.78 is 21.0. The van der Waals surface area contributed by atoms with Gasteiger partial charge in [0.2, 0.25) is 5.91 Å². The van der Waals surface area contributed by atoms with E-state index in [9.17, 15) is 4.79 Å². The van der Waals surface area contributed by atoms with Crippen LogP contribution < -0.4 is 14.8 Å². The van der Waals surface area contributed by atoms with E-state index in [1.54, 1.807) is 45.8 Å². The van der Waals surface area contributed by atoms with E-state index < -0.39 is 0 Å². The summed E-state index contributed by atoms with van der Waals surface area (Å²) in [6, 6.07) is 9.00. The lowest BCUT2D eigenvalue weighted by Crippen LogP contribution is -2.30. The molecule has 0 saturated heterocycles. The summed E-state index contributed by atoms with van der Waals surface area (Å²) in [5.41, 5.74) is 0.840. The summed E-state index contributed by atoms with van der Waals surface area (Å²) >= 11 is 0. The lowest BCUT2D eigenvalue weighted by Gasteiger charge is -2.14. The minimum absolute atomic E-state index is 0.106. The Bertz CT molecular complexity index is 624. The number of ether oxygens (including phenoxy) is 3. The highest BCUT2D eigenvalue weighted by molar-refractivity contribution is 5.78. The number of carbonyl (C=O) groups is 1. The molecular formula is C17H21NO5. The van der Waals surface area contributed by atoms with Gasteiger partial charge in [-0.15, -0.1) is 0 Å². The Morgan fingerprint density at radius 2 is 1.96 bits per heavy atom. The number of furan rings is 1. The molecule has 0 fully saturated rings. The van der Waals surface area contributed by atoms with Crippen molar-refractivity contribution in [3.63, 3.8) is 0 Å². The van der Waals surface area contributed by atoms with Gasteiger partial charge in [0, 0.05) is 7.11 Å². The number of hydrogen-bond donors (Lipinski definition) is 1. The molecule has 0 saturated carbocycles. The normalized spacial score (nSPS) is 11.8. The van der Waals surface area contributed by atoms with Crippen molar-refractivity contribution in [2.24, 2.45) is 0 Å². The maximum absolute atomic E-state index is 12.1. The number of amides is 1. The first-order valence-corrected chi connectivity index (χ1v) is 7.21. The van der Waals surface area contributed by atoms with Crippen molar-refractivity contribution in [1.29, 1.82) is 0 Å². The van der Waals surface area contributed by atoms with Crippen LogP contribution in [0, 0.1) is 0 Å². The summed E-state index contributed by atoms with van der Waals surface area (Å²) in [5.74, 6) is 1.81. The first kappa shape index (κ1) is 16.9. The Labute approximate surface area is 135 Å². The molecular weight excluding hydrogens is 298 g/mol. The molecule has 1 amide bonds. The predicted molar refractivity (Wildman–Crippen MR) is 84.7 cm³/mol. The molecule has 0 aliphatic heterocycles. The van der Waals surface area contributed by atoms with E-state index in [0.717, 1.165) is 5.56 Å². The van der Waals surface area contributed by atoms with Crippen molar-refractivity contribution in [3.8, 4) is 11.5 Å². The van der Waals surface area contributed by atoms with Gasteiger partial charge in [-0.25, -0.2) is 0 Å². The smallest absolute Gasteiger partial charge is 0.224 e. The lowest BCUT2D eigenvalue weighted by molar-refractivity contribution is -0.121. The third-order valence-corrected chi connectivity index (χ3v) is 3.44. The van der Waals surface area contributed by atoms with Crippen LogP contribution >= 0.6 is 0 Å². The Morgan fingerprint density at radius 1 is 1.17 bits per heavy atom. The van der Waals surface area contributed by atoms with E-state index in [-0.39, 0.29) is 18.4 Å². The Morgan fingerprint density at radius 3 is 2.57 bits per heavy atom. The van der Waals surface area contributed by atoms with Gasteiger partial charge in [-0.1, -0.05) is 6.07 Å². The van der Waals surface area contributed by atoms with Crippen molar-refractivity contribution in [2.75, 3.05) is 27.9 Å². The van der Waals surface area contributed by atoms with Gasteiger partial charge in [0.25, 0.3) is 0 Å². The predicted octanol–water partition coefficient (Wildman–Crippen LogP) is 2.34. The van der Waals surface area contributed by atoms with Gasteiger partial charge in [0.05, 0.1) is 33.4 Å². The average Bonchev–Trinajstić information content (AvgIpc) is 3.09. The zero-order valence-electron chi connectivity index (χ0n) is 13.5. The van der Waals surface area contributed by atoms with Gasteiger partial charge in [-0.05, 0) is 29.8 Å². The van der Waals surface area contributed by atoms with E-state index in [0.29, 0.717) is 23.8 Å². The van der Waals surface area contributed by atoms with Gasteiger partial charge >= 0.3 is 0 Å². The third-order valence-electron chi connectivity index (χ3n) is 3.44. The monoisotopic (exact) mass is 319 g/mol.